The molecule has 1 aromatic rings. The first-order valence-electron chi connectivity index (χ1n) is 8.73. The van der Waals surface area contributed by atoms with Gasteiger partial charge >= 0.3 is 0 Å². The fourth-order valence-electron chi connectivity index (χ4n) is 2.09. The summed E-state index contributed by atoms with van der Waals surface area (Å²) in [6.45, 7) is 11.7. The van der Waals surface area contributed by atoms with Crippen LogP contribution in [0.3, 0.4) is 0 Å². The summed E-state index contributed by atoms with van der Waals surface area (Å²) in [5.41, 5.74) is 1.16. The maximum absolute atomic E-state index is 5.75. The van der Waals surface area contributed by atoms with Gasteiger partial charge in [-0.15, -0.1) is 24.0 Å². The minimum atomic E-state index is -0.00867. The summed E-state index contributed by atoms with van der Waals surface area (Å²) in [5, 5.41) is 6.67. The predicted molar refractivity (Wildman–Crippen MR) is 118 cm³/mol. The van der Waals surface area contributed by atoms with Gasteiger partial charge in [-0.25, -0.2) is 4.99 Å². The van der Waals surface area contributed by atoms with Gasteiger partial charge in [-0.1, -0.05) is 12.1 Å². The summed E-state index contributed by atoms with van der Waals surface area (Å²) in [6, 6.07) is 8.19. The summed E-state index contributed by atoms with van der Waals surface area (Å²) >= 11 is 0. The van der Waals surface area contributed by atoms with Gasteiger partial charge in [0.05, 0.1) is 13.2 Å². The lowest BCUT2D eigenvalue weighted by Gasteiger charge is -2.23. The predicted octanol–water partition coefficient (Wildman–Crippen LogP) is 3.49. The van der Waals surface area contributed by atoms with Crippen LogP contribution in [-0.2, 0) is 6.54 Å². The fourth-order valence-corrected chi connectivity index (χ4v) is 2.09. The molecule has 0 saturated heterocycles. The molecule has 0 unspecified atom stereocenters. The van der Waals surface area contributed by atoms with E-state index in [1.165, 1.54) is 5.56 Å². The third-order valence-electron chi connectivity index (χ3n) is 3.20. The van der Waals surface area contributed by atoms with E-state index in [4.69, 9.17) is 4.74 Å². The van der Waals surface area contributed by atoms with Crippen molar-refractivity contribution in [3.05, 3.63) is 29.8 Å². The molecule has 0 aliphatic carbocycles. The fraction of sp³-hybridized carbons (Fsp3) is 0.632. The van der Waals surface area contributed by atoms with Gasteiger partial charge in [0.2, 0.25) is 0 Å². The molecule has 0 aliphatic rings. The molecule has 0 atom stereocenters. The first-order chi connectivity index (χ1) is 11.3. The molecule has 0 bridgehead atoms. The molecule has 5 nitrogen and oxygen atoms in total. The third-order valence-corrected chi connectivity index (χ3v) is 3.20. The van der Waals surface area contributed by atoms with Crippen LogP contribution in [0, 0.1) is 0 Å². The second-order valence-electron chi connectivity index (χ2n) is 7.22. The quantitative estimate of drug-likeness (QED) is 0.269. The van der Waals surface area contributed by atoms with Crippen molar-refractivity contribution in [1.29, 1.82) is 0 Å². The second-order valence-corrected chi connectivity index (χ2v) is 7.22. The monoisotopic (exact) mass is 462 g/mol. The molecule has 25 heavy (non-hydrogen) atoms. The van der Waals surface area contributed by atoms with Crippen molar-refractivity contribution in [2.24, 2.45) is 4.99 Å². The third kappa shape index (κ3) is 12.0. The van der Waals surface area contributed by atoms with Crippen LogP contribution in [0.5, 0.6) is 5.75 Å². The maximum Gasteiger partial charge on any atom is 0.191 e. The molecule has 0 amide bonds. The van der Waals surface area contributed by atoms with Crippen molar-refractivity contribution in [3.8, 4) is 5.75 Å². The van der Waals surface area contributed by atoms with E-state index >= 15 is 0 Å². The molecular formula is C19H35IN4O. The van der Waals surface area contributed by atoms with E-state index in [0.717, 1.165) is 37.8 Å². The van der Waals surface area contributed by atoms with Crippen molar-refractivity contribution in [2.75, 3.05) is 33.8 Å². The molecule has 0 aromatic heterocycles. The van der Waals surface area contributed by atoms with Crippen molar-refractivity contribution in [3.63, 3.8) is 0 Å². The highest BCUT2D eigenvalue weighted by Crippen LogP contribution is 2.13. The van der Waals surface area contributed by atoms with Crippen molar-refractivity contribution in [2.45, 2.75) is 46.2 Å². The van der Waals surface area contributed by atoms with Gasteiger partial charge < -0.3 is 20.3 Å². The Hall–Kier alpha value is -1.02. The average Bonchev–Trinajstić information content (AvgIpc) is 2.49. The normalized spacial score (nSPS) is 11.9. The summed E-state index contributed by atoms with van der Waals surface area (Å²) < 4.78 is 5.75. The number of hydrogen-bond acceptors (Lipinski definition) is 3. The lowest BCUT2D eigenvalue weighted by Crippen LogP contribution is -2.47. The minimum Gasteiger partial charge on any atom is -0.494 e. The Morgan fingerprint density at radius 2 is 1.80 bits per heavy atom. The maximum atomic E-state index is 5.75. The number of aliphatic imine (C=N–C) groups is 1. The summed E-state index contributed by atoms with van der Waals surface area (Å²) in [6.07, 6.45) is 1.03. The average molecular weight is 462 g/mol. The highest BCUT2D eigenvalue weighted by molar-refractivity contribution is 14.0. The van der Waals surface area contributed by atoms with E-state index in [-0.39, 0.29) is 29.5 Å². The Balaban J connectivity index is 0.00000576. The Kier molecular flexibility index (Phi) is 11.8. The Labute approximate surface area is 170 Å². The number of ether oxygens (including phenoxy) is 1. The molecule has 0 aliphatic heterocycles. The highest BCUT2D eigenvalue weighted by Gasteiger charge is 2.11. The Morgan fingerprint density at radius 1 is 1.16 bits per heavy atom. The number of hydrogen-bond donors (Lipinski definition) is 2. The van der Waals surface area contributed by atoms with Crippen LogP contribution in [0.25, 0.3) is 0 Å². The van der Waals surface area contributed by atoms with Crippen LogP contribution in [0.2, 0.25) is 0 Å². The summed E-state index contributed by atoms with van der Waals surface area (Å²) in [4.78, 5) is 6.81. The number of guanidine groups is 1. The molecule has 0 saturated carbocycles. The smallest absolute Gasteiger partial charge is 0.191 e. The highest BCUT2D eigenvalue weighted by atomic mass is 127. The molecule has 0 fully saturated rings. The zero-order chi connectivity index (χ0) is 18.0. The van der Waals surface area contributed by atoms with Crippen LogP contribution in [0.15, 0.2) is 29.3 Å². The van der Waals surface area contributed by atoms with E-state index in [1.807, 2.05) is 12.1 Å². The molecule has 0 spiro atoms. The van der Waals surface area contributed by atoms with Gasteiger partial charge in [0.15, 0.2) is 5.96 Å². The molecule has 144 valence electrons. The minimum absolute atomic E-state index is 0. The van der Waals surface area contributed by atoms with Gasteiger partial charge in [0.1, 0.15) is 5.75 Å². The largest absolute Gasteiger partial charge is 0.494 e. The van der Waals surface area contributed by atoms with E-state index in [0.29, 0.717) is 6.54 Å². The van der Waals surface area contributed by atoms with E-state index in [9.17, 15) is 0 Å². The molecule has 2 N–H and O–H groups in total. The summed E-state index contributed by atoms with van der Waals surface area (Å²) in [7, 11) is 4.15. The van der Waals surface area contributed by atoms with Crippen LogP contribution in [0.1, 0.15) is 39.7 Å². The first-order valence-corrected chi connectivity index (χ1v) is 8.73. The number of halogens is 1. The SMILES string of the molecule is CCNC(=NCc1ccc(OCCCN(C)C)cc1)NC(C)(C)C.I. The van der Waals surface area contributed by atoms with Crippen LogP contribution >= 0.6 is 24.0 Å². The standard InChI is InChI=1S/C19H34N4O.HI/c1-7-20-18(22-19(2,3)4)21-15-16-9-11-17(12-10-16)24-14-8-13-23(5)6;/h9-12H,7-8,13-15H2,1-6H3,(H2,20,21,22);1H. The molecule has 1 aromatic carbocycles. The van der Waals surface area contributed by atoms with Crippen LogP contribution in [-0.4, -0.2) is 50.2 Å². The van der Waals surface area contributed by atoms with E-state index in [1.54, 1.807) is 0 Å². The van der Waals surface area contributed by atoms with E-state index < -0.39 is 0 Å². The van der Waals surface area contributed by atoms with Gasteiger partial charge in [-0.2, -0.15) is 0 Å². The first kappa shape index (κ1) is 24.0. The lowest BCUT2D eigenvalue weighted by atomic mass is 10.1. The van der Waals surface area contributed by atoms with Gasteiger partial charge in [0, 0.05) is 18.6 Å². The van der Waals surface area contributed by atoms with Gasteiger partial charge in [0.25, 0.3) is 0 Å². The molecular weight excluding hydrogens is 427 g/mol. The molecule has 1 rings (SSSR count). The number of nitrogens with zero attached hydrogens (tertiary/aromatic N) is 2. The van der Waals surface area contributed by atoms with Crippen LogP contribution in [0.4, 0.5) is 0 Å². The molecule has 0 radical (unpaired) electrons. The van der Waals surface area contributed by atoms with Crippen molar-refractivity contribution >= 4 is 29.9 Å². The number of nitrogens with one attached hydrogen (secondary N) is 2. The molecule has 0 heterocycles. The zero-order valence-electron chi connectivity index (χ0n) is 16.6. The molecule has 6 heteroatoms. The van der Waals surface area contributed by atoms with Crippen molar-refractivity contribution < 1.29 is 4.74 Å². The van der Waals surface area contributed by atoms with Crippen LogP contribution < -0.4 is 15.4 Å². The summed E-state index contributed by atoms with van der Waals surface area (Å²) in [5.74, 6) is 1.76. The van der Waals surface area contributed by atoms with E-state index in [2.05, 4.69) is 74.4 Å². The zero-order valence-corrected chi connectivity index (χ0v) is 18.9. The van der Waals surface area contributed by atoms with Gasteiger partial charge in [-0.3, -0.25) is 0 Å². The second kappa shape index (κ2) is 12.4. The Bertz CT molecular complexity index is 495. The van der Waals surface area contributed by atoms with Gasteiger partial charge in [-0.05, 0) is 65.9 Å². The number of rotatable bonds is 8. The lowest BCUT2D eigenvalue weighted by molar-refractivity contribution is 0.281. The van der Waals surface area contributed by atoms with Crippen molar-refractivity contribution in [1.82, 2.24) is 15.5 Å². The topological polar surface area (TPSA) is 48.9 Å². The number of benzene rings is 1. The Morgan fingerprint density at radius 3 is 2.32 bits per heavy atom.